The van der Waals surface area contributed by atoms with Crippen molar-refractivity contribution in [2.24, 2.45) is 0 Å². The lowest BCUT2D eigenvalue weighted by Crippen LogP contribution is -2.53. The summed E-state index contributed by atoms with van der Waals surface area (Å²) in [6.07, 6.45) is 1.93. The lowest BCUT2D eigenvalue weighted by Gasteiger charge is -2.32. The molecule has 2 aromatic carbocycles. The number of hydrogen-bond donors (Lipinski definition) is 1. The van der Waals surface area contributed by atoms with Crippen LogP contribution < -0.4 is 14.4 Å². The van der Waals surface area contributed by atoms with E-state index in [-0.39, 0.29) is 23.2 Å². The maximum atomic E-state index is 13.5. The van der Waals surface area contributed by atoms with E-state index in [2.05, 4.69) is 5.32 Å². The average molecular weight is 510 g/mol. The lowest BCUT2D eigenvalue weighted by molar-refractivity contribution is -0.139. The van der Waals surface area contributed by atoms with Crippen LogP contribution in [0.3, 0.4) is 0 Å². The third-order valence-corrected chi connectivity index (χ3v) is 6.76. The van der Waals surface area contributed by atoms with Gasteiger partial charge in [-0.05, 0) is 43.5 Å². The largest absolute Gasteiger partial charge is 0.495 e. The van der Waals surface area contributed by atoms with Crippen LogP contribution >= 0.6 is 11.6 Å². The highest BCUT2D eigenvalue weighted by Gasteiger charge is 2.31. The molecule has 0 bridgehead atoms. The Bertz CT molecular complexity index is 1080. The van der Waals surface area contributed by atoms with Crippen molar-refractivity contribution < 1.29 is 22.7 Å². The van der Waals surface area contributed by atoms with E-state index in [0.717, 1.165) is 16.1 Å². The maximum Gasteiger partial charge on any atom is 0.244 e. The van der Waals surface area contributed by atoms with Gasteiger partial charge in [-0.25, -0.2) is 8.42 Å². The van der Waals surface area contributed by atoms with Crippen molar-refractivity contribution in [1.82, 2.24) is 10.2 Å². The molecule has 1 N–H and O–H groups in total. The van der Waals surface area contributed by atoms with Gasteiger partial charge in [-0.1, -0.05) is 48.9 Å². The number of likely N-dealkylation sites (N-methyl/N-ethyl adjacent to an activating group) is 1. The number of carbonyl (C=O) groups excluding carboxylic acids is 2. The fraction of sp³-hybridized carbons (Fsp3) is 0.417. The zero-order valence-corrected chi connectivity index (χ0v) is 21.5. The second-order valence-electron chi connectivity index (χ2n) is 7.73. The molecule has 0 saturated carbocycles. The molecule has 0 aromatic heterocycles. The Hall–Kier alpha value is -2.78. The highest BCUT2D eigenvalue weighted by atomic mass is 35.5. The summed E-state index contributed by atoms with van der Waals surface area (Å²) in [4.78, 5) is 27.7. The minimum Gasteiger partial charge on any atom is -0.495 e. The van der Waals surface area contributed by atoms with Crippen LogP contribution in [-0.2, 0) is 26.0 Å². The first kappa shape index (κ1) is 27.5. The van der Waals surface area contributed by atoms with Crippen LogP contribution in [0.4, 0.5) is 5.69 Å². The number of rotatable bonds is 12. The van der Waals surface area contributed by atoms with Crippen molar-refractivity contribution in [2.75, 3.05) is 37.3 Å². The number of halogens is 1. The van der Waals surface area contributed by atoms with E-state index in [4.69, 9.17) is 16.3 Å². The van der Waals surface area contributed by atoms with Gasteiger partial charge in [0, 0.05) is 13.1 Å². The van der Waals surface area contributed by atoms with Gasteiger partial charge in [-0.3, -0.25) is 13.9 Å². The van der Waals surface area contributed by atoms with Gasteiger partial charge >= 0.3 is 0 Å². The van der Waals surface area contributed by atoms with Crippen LogP contribution in [0.15, 0.2) is 48.5 Å². The predicted octanol–water partition coefficient (Wildman–Crippen LogP) is 3.10. The summed E-state index contributed by atoms with van der Waals surface area (Å²) in [5.41, 5.74) is 1.24. The van der Waals surface area contributed by atoms with Gasteiger partial charge in [0.05, 0.1) is 24.1 Å². The predicted molar refractivity (Wildman–Crippen MR) is 135 cm³/mol. The molecular weight excluding hydrogens is 478 g/mol. The number of methoxy groups -OCH3 is 1. The van der Waals surface area contributed by atoms with Gasteiger partial charge in [-0.2, -0.15) is 0 Å². The summed E-state index contributed by atoms with van der Waals surface area (Å²) in [6, 6.07) is 13.4. The third kappa shape index (κ3) is 7.36. The zero-order chi connectivity index (χ0) is 25.3. The summed E-state index contributed by atoms with van der Waals surface area (Å²) in [5.74, 6) is -0.367. The molecule has 0 radical (unpaired) electrons. The maximum absolute atomic E-state index is 13.5. The fourth-order valence-corrected chi connectivity index (χ4v) is 4.71. The standard InChI is InChI=1S/C24H32ClN3O5S/c1-5-21(24(30)26-6-2)27(15-14-18-10-8-7-9-11-18)23(29)17-28(34(4,31)32)19-12-13-22(33-3)20(25)16-19/h7-13,16,21H,5-6,14-15,17H2,1-4H3,(H,26,30)/t21-/m0/s1. The molecule has 0 heterocycles. The SMILES string of the molecule is CCNC(=O)[C@H](CC)N(CCc1ccccc1)C(=O)CN(c1ccc(OC)c(Cl)c1)S(C)(=O)=O. The van der Waals surface area contributed by atoms with E-state index < -0.39 is 28.5 Å². The Morgan fingerprint density at radius 2 is 1.79 bits per heavy atom. The highest BCUT2D eigenvalue weighted by Crippen LogP contribution is 2.30. The van der Waals surface area contributed by atoms with Crippen LogP contribution in [0, 0.1) is 0 Å². The summed E-state index contributed by atoms with van der Waals surface area (Å²) in [7, 11) is -2.37. The molecule has 8 nitrogen and oxygen atoms in total. The first-order valence-corrected chi connectivity index (χ1v) is 13.3. The minimum atomic E-state index is -3.83. The van der Waals surface area contributed by atoms with Crippen LogP contribution in [0.2, 0.25) is 5.02 Å². The number of nitrogens with one attached hydrogen (secondary N) is 1. The van der Waals surface area contributed by atoms with Gasteiger partial charge < -0.3 is 15.0 Å². The van der Waals surface area contributed by atoms with Crippen LogP contribution in [0.5, 0.6) is 5.75 Å². The first-order valence-electron chi connectivity index (χ1n) is 11.0. The molecule has 0 aliphatic carbocycles. The van der Waals surface area contributed by atoms with Crippen molar-refractivity contribution >= 4 is 39.1 Å². The van der Waals surface area contributed by atoms with E-state index in [1.165, 1.54) is 30.2 Å². The minimum absolute atomic E-state index is 0.218. The molecule has 34 heavy (non-hydrogen) atoms. The van der Waals surface area contributed by atoms with Crippen LogP contribution in [0.25, 0.3) is 0 Å². The zero-order valence-electron chi connectivity index (χ0n) is 20.0. The van der Waals surface area contributed by atoms with Crippen molar-refractivity contribution in [3.63, 3.8) is 0 Å². The van der Waals surface area contributed by atoms with Gasteiger partial charge in [0.15, 0.2) is 0 Å². The Balaban J connectivity index is 2.37. The Labute approximate surface area is 206 Å². The number of amides is 2. The van der Waals surface area contributed by atoms with E-state index in [0.29, 0.717) is 25.1 Å². The molecule has 0 saturated heterocycles. The fourth-order valence-electron chi connectivity index (χ4n) is 3.61. The Kier molecular flexibility index (Phi) is 10.2. The lowest BCUT2D eigenvalue weighted by atomic mass is 10.1. The number of sulfonamides is 1. The molecule has 186 valence electrons. The van der Waals surface area contributed by atoms with E-state index in [9.17, 15) is 18.0 Å². The number of nitrogens with zero attached hydrogens (tertiary/aromatic N) is 2. The van der Waals surface area contributed by atoms with Gasteiger partial charge in [0.2, 0.25) is 21.8 Å². The van der Waals surface area contributed by atoms with Crippen molar-refractivity contribution in [3.05, 3.63) is 59.1 Å². The number of ether oxygens (including phenoxy) is 1. The Morgan fingerprint density at radius 3 is 2.32 bits per heavy atom. The Morgan fingerprint density at radius 1 is 1.12 bits per heavy atom. The first-order chi connectivity index (χ1) is 16.1. The summed E-state index contributed by atoms with van der Waals surface area (Å²) in [6.45, 7) is 3.85. The number of anilines is 1. The number of benzene rings is 2. The average Bonchev–Trinajstić information content (AvgIpc) is 2.80. The second-order valence-corrected chi connectivity index (χ2v) is 10.0. The number of carbonyl (C=O) groups is 2. The van der Waals surface area contributed by atoms with Crippen LogP contribution in [0.1, 0.15) is 25.8 Å². The molecule has 0 fully saturated rings. The molecule has 2 aromatic rings. The summed E-state index contributed by atoms with van der Waals surface area (Å²) < 4.78 is 31.3. The van der Waals surface area contributed by atoms with Gasteiger partial charge in [-0.15, -0.1) is 0 Å². The van der Waals surface area contributed by atoms with Crippen molar-refractivity contribution in [1.29, 1.82) is 0 Å². The molecule has 0 unspecified atom stereocenters. The molecule has 0 aliphatic rings. The topological polar surface area (TPSA) is 96.0 Å². The molecule has 0 aliphatic heterocycles. The molecular formula is C24H32ClN3O5S. The second kappa shape index (κ2) is 12.6. The quantitative estimate of drug-likeness (QED) is 0.474. The monoisotopic (exact) mass is 509 g/mol. The van der Waals surface area contributed by atoms with Crippen molar-refractivity contribution in [2.45, 2.75) is 32.7 Å². The summed E-state index contributed by atoms with van der Waals surface area (Å²) in [5, 5.41) is 2.99. The molecule has 2 amide bonds. The van der Waals surface area contributed by atoms with E-state index >= 15 is 0 Å². The smallest absolute Gasteiger partial charge is 0.244 e. The molecule has 1 atom stereocenters. The molecule has 0 spiro atoms. The van der Waals surface area contributed by atoms with Gasteiger partial charge in [0.1, 0.15) is 18.3 Å². The van der Waals surface area contributed by atoms with Gasteiger partial charge in [0.25, 0.3) is 0 Å². The normalized spacial score (nSPS) is 12.0. The third-order valence-electron chi connectivity index (χ3n) is 5.32. The summed E-state index contributed by atoms with van der Waals surface area (Å²) >= 11 is 6.19. The molecule has 10 heteroatoms. The van der Waals surface area contributed by atoms with E-state index in [1.807, 2.05) is 37.3 Å². The van der Waals surface area contributed by atoms with E-state index in [1.54, 1.807) is 6.92 Å². The van der Waals surface area contributed by atoms with Crippen LogP contribution in [-0.4, -0.2) is 64.2 Å². The van der Waals surface area contributed by atoms with Crippen molar-refractivity contribution in [3.8, 4) is 5.75 Å². The molecule has 2 rings (SSSR count). The number of hydrogen-bond acceptors (Lipinski definition) is 5. The highest BCUT2D eigenvalue weighted by molar-refractivity contribution is 7.92.